The zero-order valence-corrected chi connectivity index (χ0v) is 18.9. The summed E-state index contributed by atoms with van der Waals surface area (Å²) in [5.41, 5.74) is -2.81. The summed E-state index contributed by atoms with van der Waals surface area (Å²) in [7, 11) is 0. The molecule has 2 aliphatic carbocycles. The number of alkyl halides is 6. The van der Waals surface area contributed by atoms with E-state index in [1.165, 1.54) is 19.1 Å². The van der Waals surface area contributed by atoms with E-state index in [0.717, 1.165) is 23.5 Å². The zero-order chi connectivity index (χ0) is 23.8. The summed E-state index contributed by atoms with van der Waals surface area (Å²) in [6.07, 6.45) is -1.32. The summed E-state index contributed by atoms with van der Waals surface area (Å²) in [6, 6.07) is 12.7. The van der Waals surface area contributed by atoms with Gasteiger partial charge in [-0.15, -0.1) is 23.5 Å². The maximum absolute atomic E-state index is 15.5. The molecule has 1 fully saturated rings. The second-order valence-electron chi connectivity index (χ2n) is 8.86. The van der Waals surface area contributed by atoms with Gasteiger partial charge in [-0.3, -0.25) is 0 Å². The van der Waals surface area contributed by atoms with Crippen LogP contribution in [-0.2, 0) is 0 Å². The van der Waals surface area contributed by atoms with Gasteiger partial charge in [0, 0.05) is 20.9 Å². The Balaban J connectivity index is 1.88. The van der Waals surface area contributed by atoms with Gasteiger partial charge in [0.15, 0.2) is 0 Å². The molecule has 0 saturated heterocycles. The van der Waals surface area contributed by atoms with Gasteiger partial charge in [-0.2, -0.15) is 26.3 Å². The Hall–Kier alpha value is -1.84. The lowest BCUT2D eigenvalue weighted by molar-refractivity contribution is -0.257. The van der Waals surface area contributed by atoms with Crippen LogP contribution in [0.1, 0.15) is 25.0 Å². The van der Waals surface area contributed by atoms with Crippen molar-refractivity contribution in [1.29, 1.82) is 0 Å². The zero-order valence-electron chi connectivity index (χ0n) is 17.2. The molecule has 9 heteroatoms. The summed E-state index contributed by atoms with van der Waals surface area (Å²) in [5.74, 6) is -15.8. The lowest BCUT2D eigenvalue weighted by Crippen LogP contribution is -2.56. The van der Waals surface area contributed by atoms with Gasteiger partial charge < -0.3 is 5.11 Å². The van der Waals surface area contributed by atoms with Crippen LogP contribution < -0.4 is 0 Å². The topological polar surface area (TPSA) is 20.2 Å². The van der Waals surface area contributed by atoms with Gasteiger partial charge in [0.1, 0.15) is 0 Å². The minimum Gasteiger partial charge on any atom is -0.392 e. The maximum Gasteiger partial charge on any atom is 0.380 e. The molecule has 1 nitrogen and oxygen atoms in total. The SMILES string of the molecule is C[C@H](O)[C@@]12Sc3ccccc3C1=C1C(=C3c4ccccc4S[C@]32C)C(F)(F)C(F)(F)C1(F)F. The molecule has 0 radical (unpaired) electrons. The van der Waals surface area contributed by atoms with Crippen LogP contribution in [0, 0.1) is 0 Å². The van der Waals surface area contributed by atoms with Crippen molar-refractivity contribution < 1.29 is 31.4 Å². The van der Waals surface area contributed by atoms with Crippen LogP contribution in [0.2, 0.25) is 0 Å². The Morgan fingerprint density at radius 1 is 0.697 bits per heavy atom. The third-order valence-electron chi connectivity index (χ3n) is 7.21. The van der Waals surface area contributed by atoms with Gasteiger partial charge in [0.05, 0.1) is 15.6 Å². The molecule has 1 saturated carbocycles. The number of benzene rings is 2. The van der Waals surface area contributed by atoms with Crippen molar-refractivity contribution in [2.45, 2.75) is 57.0 Å². The van der Waals surface area contributed by atoms with E-state index in [0.29, 0.717) is 9.79 Å². The second kappa shape index (κ2) is 6.04. The van der Waals surface area contributed by atoms with Gasteiger partial charge >= 0.3 is 17.8 Å². The molecule has 4 aliphatic rings. The smallest absolute Gasteiger partial charge is 0.380 e. The number of halogens is 6. The fourth-order valence-corrected chi connectivity index (χ4v) is 9.26. The molecule has 6 rings (SSSR count). The Bertz CT molecular complexity index is 1310. The van der Waals surface area contributed by atoms with Crippen molar-refractivity contribution in [2.75, 3.05) is 0 Å². The molecule has 2 heterocycles. The number of fused-ring (bicyclic) bond motifs is 8. The van der Waals surface area contributed by atoms with E-state index in [2.05, 4.69) is 0 Å². The number of hydrogen-bond acceptors (Lipinski definition) is 3. The largest absolute Gasteiger partial charge is 0.392 e. The predicted octanol–water partition coefficient (Wildman–Crippen LogP) is 6.92. The quantitative estimate of drug-likeness (QED) is 0.431. The third-order valence-corrected chi connectivity index (χ3v) is 10.7. The summed E-state index contributed by atoms with van der Waals surface area (Å²) in [4.78, 5) is 1.00. The second-order valence-corrected chi connectivity index (χ2v) is 11.6. The Kier molecular flexibility index (Phi) is 3.97. The summed E-state index contributed by atoms with van der Waals surface area (Å²) < 4.78 is 88.5. The third kappa shape index (κ3) is 2.08. The monoisotopic (exact) mass is 498 g/mol. The molecular weight excluding hydrogens is 482 g/mol. The average molecular weight is 499 g/mol. The van der Waals surface area contributed by atoms with Crippen molar-refractivity contribution in [2.24, 2.45) is 0 Å². The van der Waals surface area contributed by atoms with Crippen molar-refractivity contribution in [3.8, 4) is 0 Å². The molecule has 2 aromatic carbocycles. The number of rotatable bonds is 1. The van der Waals surface area contributed by atoms with Crippen molar-refractivity contribution in [3.05, 3.63) is 70.8 Å². The number of aliphatic hydroxyl groups excluding tert-OH is 1. The lowest BCUT2D eigenvalue weighted by Gasteiger charge is -2.50. The molecule has 0 bridgehead atoms. The molecule has 0 unspecified atom stereocenters. The summed E-state index contributed by atoms with van der Waals surface area (Å²) >= 11 is 2.24. The molecule has 172 valence electrons. The summed E-state index contributed by atoms with van der Waals surface area (Å²) in [6.45, 7) is 2.99. The first-order valence-electron chi connectivity index (χ1n) is 10.2. The van der Waals surface area contributed by atoms with E-state index < -0.39 is 44.5 Å². The molecule has 0 amide bonds. The Morgan fingerprint density at radius 2 is 1.15 bits per heavy atom. The number of hydrogen-bond donors (Lipinski definition) is 1. The van der Waals surface area contributed by atoms with Gasteiger partial charge in [-0.25, -0.2) is 0 Å². The highest BCUT2D eigenvalue weighted by Crippen LogP contribution is 2.78. The van der Waals surface area contributed by atoms with Crippen LogP contribution in [0.4, 0.5) is 26.3 Å². The molecule has 33 heavy (non-hydrogen) atoms. The summed E-state index contributed by atoms with van der Waals surface area (Å²) in [5, 5.41) is 11.1. The van der Waals surface area contributed by atoms with E-state index in [4.69, 9.17) is 0 Å². The highest BCUT2D eigenvalue weighted by molar-refractivity contribution is 8.06. The predicted molar refractivity (Wildman–Crippen MR) is 116 cm³/mol. The van der Waals surface area contributed by atoms with E-state index in [1.807, 2.05) is 0 Å². The average Bonchev–Trinajstić information content (AvgIpc) is 3.28. The fourth-order valence-electron chi connectivity index (χ4n) is 5.85. The van der Waals surface area contributed by atoms with Crippen molar-refractivity contribution in [1.82, 2.24) is 0 Å². The van der Waals surface area contributed by atoms with Gasteiger partial charge in [0.25, 0.3) is 0 Å². The van der Waals surface area contributed by atoms with E-state index in [-0.39, 0.29) is 22.3 Å². The highest BCUT2D eigenvalue weighted by Gasteiger charge is 2.85. The molecule has 0 spiro atoms. The molecular formula is C24H16F6OS2. The standard InChI is InChI=1S/C24H16F6OS2/c1-11(31)21-17(13-8-4-6-10-15(13)33-21)19-18(22(25,26)24(29,30)23(19,27)28)16-12-7-3-5-9-14(12)32-20(16,21)2/h3-11,31H,1-2H3/t11-,20+,21+/m0/s1. The first-order valence-corrected chi connectivity index (χ1v) is 11.9. The van der Waals surface area contributed by atoms with E-state index in [1.54, 1.807) is 43.3 Å². The minimum atomic E-state index is -5.62. The van der Waals surface area contributed by atoms with Crippen LogP contribution in [0.3, 0.4) is 0 Å². The Morgan fingerprint density at radius 3 is 1.70 bits per heavy atom. The fraction of sp³-hybridized carbons (Fsp3) is 0.333. The van der Waals surface area contributed by atoms with Gasteiger partial charge in [0.2, 0.25) is 0 Å². The van der Waals surface area contributed by atoms with Crippen molar-refractivity contribution >= 4 is 34.7 Å². The van der Waals surface area contributed by atoms with E-state index in [9.17, 15) is 13.9 Å². The lowest BCUT2D eigenvalue weighted by atomic mass is 9.66. The van der Waals surface area contributed by atoms with E-state index >= 15 is 17.6 Å². The van der Waals surface area contributed by atoms with Crippen LogP contribution >= 0.6 is 23.5 Å². The van der Waals surface area contributed by atoms with Crippen molar-refractivity contribution in [3.63, 3.8) is 0 Å². The van der Waals surface area contributed by atoms with Crippen LogP contribution in [0.5, 0.6) is 0 Å². The first-order chi connectivity index (χ1) is 15.3. The number of allylic oxidation sites excluding steroid dienone is 2. The van der Waals surface area contributed by atoms with Gasteiger partial charge in [-0.05, 0) is 48.3 Å². The number of aliphatic hydroxyl groups is 1. The first kappa shape index (κ1) is 21.7. The van der Waals surface area contributed by atoms with Gasteiger partial charge in [-0.1, -0.05) is 36.4 Å². The maximum atomic E-state index is 15.5. The molecule has 1 N–H and O–H groups in total. The molecule has 0 aromatic heterocycles. The highest BCUT2D eigenvalue weighted by atomic mass is 32.2. The normalized spacial score (nSPS) is 32.8. The number of thioether (sulfide) groups is 2. The van der Waals surface area contributed by atoms with Crippen LogP contribution in [0.25, 0.3) is 11.1 Å². The molecule has 2 aromatic rings. The minimum absolute atomic E-state index is 0.181. The molecule has 2 aliphatic heterocycles. The molecule has 3 atom stereocenters. The Labute approximate surface area is 193 Å². The van der Waals surface area contributed by atoms with Crippen LogP contribution in [0.15, 0.2) is 69.5 Å². The van der Waals surface area contributed by atoms with Crippen LogP contribution in [-0.4, -0.2) is 38.5 Å².